The number of aromatic nitrogens is 2. The number of alkyl halides is 3. The Labute approximate surface area is 158 Å². The highest BCUT2D eigenvalue weighted by Crippen LogP contribution is 2.36. The van der Waals surface area contributed by atoms with Crippen LogP contribution in [0.1, 0.15) is 30.1 Å². The highest BCUT2D eigenvalue weighted by molar-refractivity contribution is 7.99. The minimum absolute atomic E-state index is 0.0727. The number of hydrogen-bond donors (Lipinski definition) is 1. The van der Waals surface area contributed by atoms with Crippen molar-refractivity contribution in [3.8, 4) is 0 Å². The molecule has 1 N–H and O–H groups in total. The van der Waals surface area contributed by atoms with Crippen molar-refractivity contribution in [3.63, 3.8) is 0 Å². The zero-order chi connectivity index (χ0) is 19.4. The maximum Gasteiger partial charge on any atom is 0.416 e. The van der Waals surface area contributed by atoms with E-state index >= 15 is 0 Å². The van der Waals surface area contributed by atoms with Crippen molar-refractivity contribution in [1.82, 2.24) is 10.1 Å². The Morgan fingerprint density at radius 2 is 2.07 bits per heavy atom. The second-order valence-electron chi connectivity index (χ2n) is 6.19. The molecule has 1 amide bonds. The third-order valence-corrected chi connectivity index (χ3v) is 5.01. The van der Waals surface area contributed by atoms with Crippen LogP contribution in [0.25, 0.3) is 0 Å². The van der Waals surface area contributed by atoms with Crippen LogP contribution in [0.2, 0.25) is 0 Å². The summed E-state index contributed by atoms with van der Waals surface area (Å²) in [4.78, 5) is 18.3. The van der Waals surface area contributed by atoms with Gasteiger partial charge in [-0.3, -0.25) is 4.79 Å². The minimum atomic E-state index is -4.46. The summed E-state index contributed by atoms with van der Waals surface area (Å²) < 4.78 is 44.0. The minimum Gasteiger partial charge on any atom is -0.370 e. The van der Waals surface area contributed by atoms with E-state index in [4.69, 9.17) is 4.52 Å². The molecular formula is C17H19F3N4O2S. The second-order valence-corrected chi connectivity index (χ2v) is 7.18. The molecule has 10 heteroatoms. The average molecular weight is 400 g/mol. The third kappa shape index (κ3) is 5.15. The molecule has 0 spiro atoms. The maximum atomic E-state index is 13.1. The largest absolute Gasteiger partial charge is 0.416 e. The predicted octanol–water partition coefficient (Wildman–Crippen LogP) is 3.87. The maximum absolute atomic E-state index is 13.1. The van der Waals surface area contributed by atoms with Gasteiger partial charge in [0.15, 0.2) is 5.82 Å². The summed E-state index contributed by atoms with van der Waals surface area (Å²) in [7, 11) is 0. The van der Waals surface area contributed by atoms with Crippen LogP contribution >= 0.6 is 11.8 Å². The van der Waals surface area contributed by atoms with E-state index in [0.29, 0.717) is 23.2 Å². The lowest BCUT2D eigenvalue weighted by Gasteiger charge is -2.23. The molecule has 6 nitrogen and oxygen atoms in total. The molecular weight excluding hydrogens is 381 g/mol. The lowest BCUT2D eigenvalue weighted by molar-refractivity contribution is -0.137. The van der Waals surface area contributed by atoms with Gasteiger partial charge in [0.05, 0.1) is 28.4 Å². The Morgan fingerprint density at radius 1 is 1.33 bits per heavy atom. The van der Waals surface area contributed by atoms with Gasteiger partial charge in [0.1, 0.15) is 0 Å². The summed E-state index contributed by atoms with van der Waals surface area (Å²) in [6, 6.07) is 3.48. The highest BCUT2D eigenvalue weighted by atomic mass is 32.2. The van der Waals surface area contributed by atoms with Crippen molar-refractivity contribution >= 4 is 29.0 Å². The van der Waals surface area contributed by atoms with E-state index in [1.165, 1.54) is 17.8 Å². The standard InChI is InChI=1S/C17H19F3N4O2S/c1-11-21-15(23-26-11)9-27-10-16(25)22-13-8-12(17(18,19)20)4-5-14(13)24-6-2-3-7-24/h4-5,8H,2-3,6-7,9-10H2,1H3,(H,22,25). The van der Waals surface area contributed by atoms with Gasteiger partial charge < -0.3 is 14.7 Å². The van der Waals surface area contributed by atoms with Crippen LogP contribution < -0.4 is 10.2 Å². The molecule has 0 radical (unpaired) electrons. The van der Waals surface area contributed by atoms with E-state index in [0.717, 1.165) is 38.1 Å². The summed E-state index contributed by atoms with van der Waals surface area (Å²) in [6.07, 6.45) is -2.50. The molecule has 0 aliphatic carbocycles. The Morgan fingerprint density at radius 3 is 2.70 bits per heavy atom. The van der Waals surface area contributed by atoms with Crippen molar-refractivity contribution in [3.05, 3.63) is 35.5 Å². The Hall–Kier alpha value is -2.23. The molecule has 1 fully saturated rings. The van der Waals surface area contributed by atoms with Gasteiger partial charge in [-0.2, -0.15) is 18.2 Å². The number of anilines is 2. The fraction of sp³-hybridized carbons (Fsp3) is 0.471. The molecule has 3 rings (SSSR count). The third-order valence-electron chi connectivity index (χ3n) is 4.08. The fourth-order valence-electron chi connectivity index (χ4n) is 2.87. The van der Waals surface area contributed by atoms with Crippen LogP contribution in [0.3, 0.4) is 0 Å². The first-order valence-corrected chi connectivity index (χ1v) is 9.61. The Bertz CT molecular complexity index is 804. The summed E-state index contributed by atoms with van der Waals surface area (Å²) >= 11 is 1.26. The van der Waals surface area contributed by atoms with Crippen molar-refractivity contribution in [2.45, 2.75) is 31.7 Å². The summed E-state index contributed by atoms with van der Waals surface area (Å²) in [5.74, 6) is 0.992. The summed E-state index contributed by atoms with van der Waals surface area (Å²) in [5.41, 5.74) is 0.0241. The van der Waals surface area contributed by atoms with Crippen molar-refractivity contribution in [1.29, 1.82) is 0 Å². The molecule has 0 saturated carbocycles. The lowest BCUT2D eigenvalue weighted by Crippen LogP contribution is -2.22. The van der Waals surface area contributed by atoms with E-state index in [2.05, 4.69) is 15.5 Å². The van der Waals surface area contributed by atoms with Crippen LogP contribution in [0.5, 0.6) is 0 Å². The molecule has 1 aromatic carbocycles. The Balaban J connectivity index is 1.68. The molecule has 0 unspecified atom stereocenters. The number of nitrogens with one attached hydrogen (secondary N) is 1. The number of thioether (sulfide) groups is 1. The number of hydrogen-bond acceptors (Lipinski definition) is 6. The first-order chi connectivity index (χ1) is 12.8. The first kappa shape index (κ1) is 19.5. The van der Waals surface area contributed by atoms with Gasteiger partial charge in [0.2, 0.25) is 11.8 Å². The zero-order valence-electron chi connectivity index (χ0n) is 14.7. The van der Waals surface area contributed by atoms with Crippen molar-refractivity contribution < 1.29 is 22.5 Å². The van der Waals surface area contributed by atoms with E-state index in [9.17, 15) is 18.0 Å². The topological polar surface area (TPSA) is 71.3 Å². The summed E-state index contributed by atoms with van der Waals surface area (Å²) in [5, 5.41) is 6.36. The number of nitrogens with zero attached hydrogens (tertiary/aromatic N) is 3. The molecule has 27 heavy (non-hydrogen) atoms. The molecule has 1 aliphatic rings. The normalized spacial score (nSPS) is 14.6. The molecule has 146 valence electrons. The van der Waals surface area contributed by atoms with Gasteiger partial charge in [-0.1, -0.05) is 5.16 Å². The van der Waals surface area contributed by atoms with Crippen LogP contribution in [-0.4, -0.2) is 34.9 Å². The monoisotopic (exact) mass is 400 g/mol. The van der Waals surface area contributed by atoms with E-state index in [1.807, 2.05) is 4.90 Å². The zero-order valence-corrected chi connectivity index (χ0v) is 15.5. The van der Waals surface area contributed by atoms with Crippen LogP contribution in [0, 0.1) is 6.92 Å². The predicted molar refractivity (Wildman–Crippen MR) is 96.7 cm³/mol. The number of carbonyl (C=O) groups is 1. The van der Waals surface area contributed by atoms with Crippen molar-refractivity contribution in [2.75, 3.05) is 29.1 Å². The molecule has 1 aliphatic heterocycles. The van der Waals surface area contributed by atoms with Crippen molar-refractivity contribution in [2.24, 2.45) is 0 Å². The molecule has 1 aromatic heterocycles. The molecule has 0 atom stereocenters. The summed E-state index contributed by atoms with van der Waals surface area (Å²) in [6.45, 7) is 3.20. The van der Waals surface area contributed by atoms with E-state index < -0.39 is 11.7 Å². The number of amides is 1. The van der Waals surface area contributed by atoms with Gasteiger partial charge in [-0.25, -0.2) is 0 Å². The smallest absolute Gasteiger partial charge is 0.370 e. The van der Waals surface area contributed by atoms with Crippen LogP contribution in [0.15, 0.2) is 22.7 Å². The quantitative estimate of drug-likeness (QED) is 0.794. The number of aryl methyl sites for hydroxylation is 1. The SMILES string of the molecule is Cc1nc(CSCC(=O)Nc2cc(C(F)(F)F)ccc2N2CCCC2)no1. The molecule has 0 bridgehead atoms. The van der Waals surface area contributed by atoms with E-state index in [-0.39, 0.29) is 17.3 Å². The fourth-order valence-corrected chi connectivity index (χ4v) is 3.53. The molecule has 1 saturated heterocycles. The number of rotatable bonds is 6. The lowest BCUT2D eigenvalue weighted by atomic mass is 10.1. The first-order valence-electron chi connectivity index (χ1n) is 8.46. The number of benzene rings is 1. The van der Waals surface area contributed by atoms with Crippen LogP contribution in [0.4, 0.5) is 24.5 Å². The van der Waals surface area contributed by atoms with Gasteiger partial charge in [-0.15, -0.1) is 11.8 Å². The highest BCUT2D eigenvalue weighted by Gasteiger charge is 2.32. The van der Waals surface area contributed by atoms with Crippen LogP contribution in [-0.2, 0) is 16.7 Å². The molecule has 2 heterocycles. The van der Waals surface area contributed by atoms with E-state index in [1.54, 1.807) is 6.92 Å². The van der Waals surface area contributed by atoms with Gasteiger partial charge in [0.25, 0.3) is 0 Å². The number of halogens is 3. The second kappa shape index (κ2) is 8.20. The van der Waals surface area contributed by atoms with Gasteiger partial charge in [-0.05, 0) is 31.0 Å². The number of carbonyl (C=O) groups excluding carboxylic acids is 1. The average Bonchev–Trinajstić information content (AvgIpc) is 3.26. The Kier molecular flexibility index (Phi) is 5.93. The molecule has 2 aromatic rings. The van der Waals surface area contributed by atoms with Gasteiger partial charge in [0, 0.05) is 20.0 Å². The van der Waals surface area contributed by atoms with Gasteiger partial charge >= 0.3 is 6.18 Å².